The Balaban J connectivity index is 2.89. The molecule has 102 valence electrons. The van der Waals surface area contributed by atoms with Crippen molar-refractivity contribution >= 4 is 6.21 Å². The van der Waals surface area contributed by atoms with Gasteiger partial charge in [0.15, 0.2) is 0 Å². The van der Waals surface area contributed by atoms with Crippen LogP contribution in [0.3, 0.4) is 0 Å². The molecule has 0 aliphatic carbocycles. The summed E-state index contributed by atoms with van der Waals surface area (Å²) in [5.41, 5.74) is 0. The van der Waals surface area contributed by atoms with Crippen LogP contribution in [0.5, 0.6) is 0 Å². The molecule has 2 heteroatoms. The Morgan fingerprint density at radius 2 is 1.12 bits per heavy atom. The molecule has 0 radical (unpaired) electrons. The van der Waals surface area contributed by atoms with E-state index in [1.165, 1.54) is 77.0 Å². The maximum atomic E-state index is 5.04. The van der Waals surface area contributed by atoms with Crippen LogP contribution in [0.2, 0.25) is 0 Å². The average molecular weight is 240 g/mol. The summed E-state index contributed by atoms with van der Waals surface area (Å²) in [6.45, 7) is 2.28. The molecular formula is C15H32N2. The van der Waals surface area contributed by atoms with Crippen molar-refractivity contribution in [3.05, 3.63) is 0 Å². The highest BCUT2D eigenvalue weighted by molar-refractivity contribution is 5.56. The maximum Gasteiger partial charge on any atom is 0.0240 e. The fraction of sp³-hybridized carbons (Fsp3) is 0.933. The highest BCUT2D eigenvalue weighted by atomic mass is 15.1. The van der Waals surface area contributed by atoms with Gasteiger partial charge in [-0.3, -0.25) is 0 Å². The topological polar surface area (TPSA) is 38.4 Å². The van der Waals surface area contributed by atoms with Crippen molar-refractivity contribution in [2.24, 2.45) is 10.9 Å². The van der Waals surface area contributed by atoms with Crippen molar-refractivity contribution in [1.82, 2.24) is 0 Å². The van der Waals surface area contributed by atoms with Gasteiger partial charge in [-0.15, -0.1) is 0 Å². The summed E-state index contributed by atoms with van der Waals surface area (Å²) in [5, 5.41) is 3.50. The predicted octanol–water partition coefficient (Wildman–Crippen LogP) is 5.02. The normalized spacial score (nSPS) is 11.4. The van der Waals surface area contributed by atoms with Gasteiger partial charge in [-0.25, -0.2) is 0 Å². The van der Waals surface area contributed by atoms with E-state index in [4.69, 9.17) is 5.84 Å². The van der Waals surface area contributed by atoms with E-state index in [9.17, 15) is 0 Å². The Hall–Kier alpha value is -0.530. The zero-order valence-corrected chi connectivity index (χ0v) is 11.8. The van der Waals surface area contributed by atoms with E-state index in [-0.39, 0.29) is 0 Å². The molecule has 0 atom stereocenters. The minimum atomic E-state index is 1.05. The van der Waals surface area contributed by atoms with Gasteiger partial charge in [-0.2, -0.15) is 5.10 Å². The van der Waals surface area contributed by atoms with Gasteiger partial charge in [0.2, 0.25) is 0 Å². The molecule has 0 amide bonds. The highest BCUT2D eigenvalue weighted by Crippen LogP contribution is 2.12. The number of hydrogen-bond donors (Lipinski definition) is 1. The minimum absolute atomic E-state index is 1.05. The van der Waals surface area contributed by atoms with Gasteiger partial charge in [0.1, 0.15) is 0 Å². The first-order chi connectivity index (χ1) is 8.41. The van der Waals surface area contributed by atoms with Crippen molar-refractivity contribution < 1.29 is 0 Å². The van der Waals surface area contributed by atoms with Crippen LogP contribution in [0, 0.1) is 0 Å². The molecule has 0 saturated carbocycles. The first-order valence-electron chi connectivity index (χ1n) is 7.63. The second-order valence-electron chi connectivity index (χ2n) is 5.01. The number of unbranched alkanes of at least 4 members (excludes halogenated alkanes) is 12. The third-order valence-corrected chi connectivity index (χ3v) is 3.29. The van der Waals surface area contributed by atoms with Gasteiger partial charge < -0.3 is 5.84 Å². The lowest BCUT2D eigenvalue weighted by Gasteiger charge is -2.02. The van der Waals surface area contributed by atoms with Crippen LogP contribution in [0.1, 0.15) is 90.4 Å². The molecule has 0 rings (SSSR count). The smallest absolute Gasteiger partial charge is 0.0240 e. The fourth-order valence-corrected chi connectivity index (χ4v) is 2.15. The van der Waals surface area contributed by atoms with E-state index in [2.05, 4.69) is 12.0 Å². The molecule has 0 aliphatic rings. The lowest BCUT2D eigenvalue weighted by Crippen LogP contribution is -1.85. The van der Waals surface area contributed by atoms with Gasteiger partial charge in [-0.1, -0.05) is 77.6 Å². The Kier molecular flexibility index (Phi) is 15.0. The number of nitrogens with two attached hydrogens (primary N) is 1. The molecule has 0 aromatic rings. The van der Waals surface area contributed by atoms with Crippen LogP contribution in [-0.4, -0.2) is 6.21 Å². The Morgan fingerprint density at radius 1 is 0.706 bits per heavy atom. The average Bonchev–Trinajstić information content (AvgIpc) is 2.35. The molecule has 0 spiro atoms. The lowest BCUT2D eigenvalue weighted by molar-refractivity contribution is 0.546. The second-order valence-corrected chi connectivity index (χ2v) is 5.01. The van der Waals surface area contributed by atoms with Gasteiger partial charge >= 0.3 is 0 Å². The van der Waals surface area contributed by atoms with E-state index in [1.807, 2.05) is 6.21 Å². The monoisotopic (exact) mass is 240 g/mol. The van der Waals surface area contributed by atoms with Gasteiger partial charge in [0.05, 0.1) is 0 Å². The van der Waals surface area contributed by atoms with Crippen LogP contribution in [0.4, 0.5) is 0 Å². The maximum absolute atomic E-state index is 5.04. The molecular weight excluding hydrogens is 208 g/mol. The predicted molar refractivity (Wildman–Crippen MR) is 78.4 cm³/mol. The summed E-state index contributed by atoms with van der Waals surface area (Å²) in [4.78, 5) is 0. The summed E-state index contributed by atoms with van der Waals surface area (Å²) in [6, 6.07) is 0. The van der Waals surface area contributed by atoms with Crippen LogP contribution in [-0.2, 0) is 0 Å². The van der Waals surface area contributed by atoms with Crippen LogP contribution >= 0.6 is 0 Å². The van der Waals surface area contributed by atoms with Crippen molar-refractivity contribution in [3.63, 3.8) is 0 Å². The lowest BCUT2D eigenvalue weighted by atomic mass is 10.0. The summed E-state index contributed by atoms with van der Waals surface area (Å²) in [5.74, 6) is 5.04. The zero-order valence-electron chi connectivity index (χ0n) is 11.8. The largest absolute Gasteiger partial charge is 0.324 e. The molecule has 0 bridgehead atoms. The number of nitrogens with zero attached hydrogens (tertiary/aromatic N) is 1. The molecule has 2 nitrogen and oxygen atoms in total. The molecule has 0 unspecified atom stereocenters. The number of hydrogen-bond acceptors (Lipinski definition) is 2. The molecule has 0 fully saturated rings. The summed E-state index contributed by atoms with van der Waals surface area (Å²) in [6.07, 6.45) is 19.7. The first kappa shape index (κ1) is 16.5. The van der Waals surface area contributed by atoms with Crippen molar-refractivity contribution in [2.75, 3.05) is 0 Å². The van der Waals surface area contributed by atoms with E-state index in [0.29, 0.717) is 0 Å². The minimum Gasteiger partial charge on any atom is -0.324 e. The SMILES string of the molecule is CCCCCCCCCCCCCCC=NN. The summed E-state index contributed by atoms with van der Waals surface area (Å²) >= 11 is 0. The highest BCUT2D eigenvalue weighted by Gasteiger charge is 1.92. The molecule has 0 saturated heterocycles. The van der Waals surface area contributed by atoms with Gasteiger partial charge in [-0.05, 0) is 12.8 Å². The standard InChI is InChI=1S/C15H32N2/c1-2-3-4-5-6-7-8-9-10-11-12-13-14-15-17-16/h15H,2-14,16H2,1H3. The first-order valence-corrected chi connectivity index (χ1v) is 7.63. The van der Waals surface area contributed by atoms with E-state index in [1.54, 1.807) is 0 Å². The van der Waals surface area contributed by atoms with Crippen molar-refractivity contribution in [2.45, 2.75) is 90.4 Å². The van der Waals surface area contributed by atoms with Crippen molar-refractivity contribution in [1.29, 1.82) is 0 Å². The molecule has 0 aromatic carbocycles. The van der Waals surface area contributed by atoms with E-state index < -0.39 is 0 Å². The van der Waals surface area contributed by atoms with Crippen LogP contribution in [0.15, 0.2) is 5.10 Å². The third-order valence-electron chi connectivity index (χ3n) is 3.29. The second kappa shape index (κ2) is 15.5. The Bertz CT molecular complexity index is 155. The van der Waals surface area contributed by atoms with Crippen LogP contribution in [0.25, 0.3) is 0 Å². The fourth-order valence-electron chi connectivity index (χ4n) is 2.15. The third kappa shape index (κ3) is 15.5. The molecule has 17 heavy (non-hydrogen) atoms. The summed E-state index contributed by atoms with van der Waals surface area (Å²) in [7, 11) is 0. The number of rotatable bonds is 13. The van der Waals surface area contributed by atoms with Crippen LogP contribution < -0.4 is 5.84 Å². The zero-order chi connectivity index (χ0) is 12.6. The molecule has 0 heterocycles. The van der Waals surface area contributed by atoms with Gasteiger partial charge in [0.25, 0.3) is 0 Å². The quantitative estimate of drug-likeness (QED) is 0.209. The summed E-state index contributed by atoms with van der Waals surface area (Å²) < 4.78 is 0. The van der Waals surface area contributed by atoms with E-state index >= 15 is 0 Å². The molecule has 0 aromatic heterocycles. The molecule has 0 aliphatic heterocycles. The Labute approximate surface area is 108 Å². The van der Waals surface area contributed by atoms with Gasteiger partial charge in [0, 0.05) is 6.21 Å². The Morgan fingerprint density at radius 3 is 1.53 bits per heavy atom. The van der Waals surface area contributed by atoms with E-state index in [0.717, 1.165) is 6.42 Å². The molecule has 2 N–H and O–H groups in total. The van der Waals surface area contributed by atoms with Crippen molar-refractivity contribution in [3.8, 4) is 0 Å². The number of hydrazone groups is 1.